The van der Waals surface area contributed by atoms with Gasteiger partial charge in [0.2, 0.25) is 0 Å². The van der Waals surface area contributed by atoms with Crippen LogP contribution in [0.5, 0.6) is 0 Å². The van der Waals surface area contributed by atoms with Crippen LogP contribution in [0, 0.1) is 12.8 Å². The molecule has 18 heavy (non-hydrogen) atoms. The van der Waals surface area contributed by atoms with Crippen LogP contribution in [0.25, 0.3) is 0 Å². The van der Waals surface area contributed by atoms with Gasteiger partial charge in [0, 0.05) is 24.7 Å². The maximum absolute atomic E-state index is 12.3. The lowest BCUT2D eigenvalue weighted by Gasteiger charge is -2.32. The molecule has 0 spiro atoms. The number of halogens is 1. The van der Waals surface area contributed by atoms with E-state index < -0.39 is 0 Å². The first-order chi connectivity index (χ1) is 8.70. The van der Waals surface area contributed by atoms with Gasteiger partial charge in [0.25, 0.3) is 5.91 Å². The summed E-state index contributed by atoms with van der Waals surface area (Å²) in [6.07, 6.45) is 3.24. The lowest BCUT2D eigenvalue weighted by atomic mass is 9.95. The molecular weight excluding hydrogens is 248 g/mol. The molecule has 0 saturated carbocycles. The summed E-state index contributed by atoms with van der Waals surface area (Å²) in [4.78, 5) is 18.6. The third-order valence-electron chi connectivity index (χ3n) is 3.43. The minimum atomic E-state index is 0.0537. The van der Waals surface area contributed by atoms with Crippen molar-refractivity contribution >= 4 is 17.5 Å². The van der Waals surface area contributed by atoms with Gasteiger partial charge in [-0.2, -0.15) is 0 Å². The molecule has 0 aliphatic carbocycles. The van der Waals surface area contributed by atoms with E-state index in [4.69, 9.17) is 11.6 Å². The van der Waals surface area contributed by atoms with Gasteiger partial charge < -0.3 is 4.90 Å². The molecule has 1 aliphatic rings. The summed E-state index contributed by atoms with van der Waals surface area (Å²) >= 11 is 5.78. The number of amides is 1. The van der Waals surface area contributed by atoms with E-state index in [-0.39, 0.29) is 5.91 Å². The standard InChI is InChI=1S/C14H19ClN2O/c1-11-4-2-6-13(16-11)14(18)17-9-3-5-12(10-17)7-8-15/h2,4,6,12H,3,5,7-10H2,1H3. The summed E-state index contributed by atoms with van der Waals surface area (Å²) < 4.78 is 0. The van der Waals surface area contributed by atoms with Crippen LogP contribution in [-0.4, -0.2) is 34.8 Å². The van der Waals surface area contributed by atoms with Crippen molar-refractivity contribution in [3.8, 4) is 0 Å². The number of rotatable bonds is 3. The first-order valence-electron chi connectivity index (χ1n) is 6.49. The summed E-state index contributed by atoms with van der Waals surface area (Å²) in [5.41, 5.74) is 1.44. The lowest BCUT2D eigenvalue weighted by Crippen LogP contribution is -2.40. The monoisotopic (exact) mass is 266 g/mol. The number of likely N-dealkylation sites (tertiary alicyclic amines) is 1. The average molecular weight is 267 g/mol. The Labute approximate surface area is 113 Å². The molecule has 1 saturated heterocycles. The first-order valence-corrected chi connectivity index (χ1v) is 7.03. The minimum absolute atomic E-state index is 0.0537. The molecule has 0 bridgehead atoms. The zero-order valence-corrected chi connectivity index (χ0v) is 11.5. The smallest absolute Gasteiger partial charge is 0.272 e. The second-order valence-electron chi connectivity index (χ2n) is 4.90. The number of aryl methyl sites for hydroxylation is 1. The largest absolute Gasteiger partial charge is 0.337 e. The van der Waals surface area contributed by atoms with Crippen molar-refractivity contribution in [1.29, 1.82) is 0 Å². The van der Waals surface area contributed by atoms with Gasteiger partial charge in [-0.15, -0.1) is 11.6 Å². The molecule has 2 heterocycles. The van der Waals surface area contributed by atoms with E-state index in [1.807, 2.05) is 24.0 Å². The number of pyridine rings is 1. The van der Waals surface area contributed by atoms with E-state index in [2.05, 4.69) is 4.98 Å². The molecule has 1 aliphatic heterocycles. The van der Waals surface area contributed by atoms with Crippen molar-refractivity contribution in [2.24, 2.45) is 5.92 Å². The van der Waals surface area contributed by atoms with E-state index in [0.717, 1.165) is 31.6 Å². The number of carbonyl (C=O) groups is 1. The predicted molar refractivity (Wildman–Crippen MR) is 72.9 cm³/mol. The van der Waals surface area contributed by atoms with Crippen LogP contribution in [0.2, 0.25) is 0 Å². The fraction of sp³-hybridized carbons (Fsp3) is 0.571. The van der Waals surface area contributed by atoms with Gasteiger partial charge in [-0.05, 0) is 44.2 Å². The Morgan fingerprint density at radius 2 is 2.39 bits per heavy atom. The highest BCUT2D eigenvalue weighted by molar-refractivity contribution is 6.17. The van der Waals surface area contributed by atoms with Crippen LogP contribution in [0.3, 0.4) is 0 Å². The van der Waals surface area contributed by atoms with Crippen LogP contribution < -0.4 is 0 Å². The number of piperidine rings is 1. The lowest BCUT2D eigenvalue weighted by molar-refractivity contribution is 0.0665. The summed E-state index contributed by atoms with van der Waals surface area (Å²) in [6, 6.07) is 5.58. The first kappa shape index (κ1) is 13.3. The van der Waals surface area contributed by atoms with Gasteiger partial charge in [-0.3, -0.25) is 4.79 Å². The molecule has 0 radical (unpaired) electrons. The summed E-state index contributed by atoms with van der Waals surface area (Å²) in [5.74, 6) is 1.28. The third kappa shape index (κ3) is 3.22. The van der Waals surface area contributed by atoms with E-state index in [1.54, 1.807) is 6.07 Å². The van der Waals surface area contributed by atoms with Crippen molar-refractivity contribution in [1.82, 2.24) is 9.88 Å². The Kier molecular flexibility index (Phi) is 4.59. The molecule has 1 unspecified atom stereocenters. The van der Waals surface area contributed by atoms with E-state index in [0.29, 0.717) is 17.5 Å². The van der Waals surface area contributed by atoms with Gasteiger partial charge in [0.1, 0.15) is 5.69 Å². The molecular formula is C14H19ClN2O. The van der Waals surface area contributed by atoms with Crippen molar-refractivity contribution in [3.05, 3.63) is 29.6 Å². The normalized spacial score (nSPS) is 19.9. The van der Waals surface area contributed by atoms with Gasteiger partial charge >= 0.3 is 0 Å². The second-order valence-corrected chi connectivity index (χ2v) is 5.28. The molecule has 3 nitrogen and oxygen atoms in total. The minimum Gasteiger partial charge on any atom is -0.337 e. The average Bonchev–Trinajstić information content (AvgIpc) is 2.39. The van der Waals surface area contributed by atoms with Gasteiger partial charge in [0.15, 0.2) is 0 Å². The van der Waals surface area contributed by atoms with Gasteiger partial charge in [0.05, 0.1) is 0 Å². The van der Waals surface area contributed by atoms with Crippen LogP contribution in [0.4, 0.5) is 0 Å². The van der Waals surface area contributed by atoms with Crippen molar-refractivity contribution in [2.75, 3.05) is 19.0 Å². The summed E-state index contributed by atoms with van der Waals surface area (Å²) in [6.45, 7) is 3.57. The molecule has 4 heteroatoms. The maximum atomic E-state index is 12.3. The molecule has 2 rings (SSSR count). The Bertz CT molecular complexity index is 420. The quantitative estimate of drug-likeness (QED) is 0.788. The highest BCUT2D eigenvalue weighted by atomic mass is 35.5. The van der Waals surface area contributed by atoms with Crippen LogP contribution in [-0.2, 0) is 0 Å². The Hall–Kier alpha value is -1.09. The molecule has 1 fully saturated rings. The van der Waals surface area contributed by atoms with Gasteiger partial charge in [-0.1, -0.05) is 6.07 Å². The topological polar surface area (TPSA) is 33.2 Å². The number of carbonyl (C=O) groups excluding carboxylic acids is 1. The Morgan fingerprint density at radius 3 is 3.11 bits per heavy atom. The molecule has 1 atom stereocenters. The van der Waals surface area contributed by atoms with Crippen molar-refractivity contribution < 1.29 is 4.79 Å². The Morgan fingerprint density at radius 1 is 1.56 bits per heavy atom. The predicted octanol–water partition coefficient (Wildman–Crippen LogP) is 2.87. The van der Waals surface area contributed by atoms with Gasteiger partial charge in [-0.25, -0.2) is 4.98 Å². The van der Waals surface area contributed by atoms with Crippen LogP contribution in [0.1, 0.15) is 35.4 Å². The molecule has 0 aromatic carbocycles. The molecule has 1 amide bonds. The van der Waals surface area contributed by atoms with E-state index in [9.17, 15) is 4.79 Å². The number of aromatic nitrogens is 1. The highest BCUT2D eigenvalue weighted by Crippen LogP contribution is 2.21. The third-order valence-corrected chi connectivity index (χ3v) is 3.65. The summed E-state index contributed by atoms with van der Waals surface area (Å²) in [5, 5.41) is 0. The maximum Gasteiger partial charge on any atom is 0.272 e. The SMILES string of the molecule is Cc1cccc(C(=O)N2CCCC(CCCl)C2)n1. The van der Waals surface area contributed by atoms with Crippen molar-refractivity contribution in [2.45, 2.75) is 26.2 Å². The number of hydrogen-bond donors (Lipinski definition) is 0. The Balaban J connectivity index is 2.04. The molecule has 1 aromatic heterocycles. The van der Waals surface area contributed by atoms with Crippen molar-refractivity contribution in [3.63, 3.8) is 0 Å². The van der Waals surface area contributed by atoms with Crippen LogP contribution in [0.15, 0.2) is 18.2 Å². The zero-order chi connectivity index (χ0) is 13.0. The number of hydrogen-bond acceptors (Lipinski definition) is 2. The fourth-order valence-electron chi connectivity index (χ4n) is 2.46. The number of nitrogens with zero attached hydrogens (tertiary/aromatic N) is 2. The summed E-state index contributed by atoms with van der Waals surface area (Å²) in [7, 11) is 0. The fourth-order valence-corrected chi connectivity index (χ4v) is 2.77. The highest BCUT2D eigenvalue weighted by Gasteiger charge is 2.24. The molecule has 98 valence electrons. The number of alkyl halides is 1. The molecule has 1 aromatic rings. The van der Waals surface area contributed by atoms with Crippen LogP contribution >= 0.6 is 11.6 Å². The zero-order valence-electron chi connectivity index (χ0n) is 10.7. The second kappa shape index (κ2) is 6.19. The van der Waals surface area contributed by atoms with E-state index >= 15 is 0 Å². The van der Waals surface area contributed by atoms with E-state index in [1.165, 1.54) is 6.42 Å². The molecule has 0 N–H and O–H groups in total.